The summed E-state index contributed by atoms with van der Waals surface area (Å²) in [6, 6.07) is 10.2. The van der Waals surface area contributed by atoms with Gasteiger partial charge >= 0.3 is 0 Å². The van der Waals surface area contributed by atoms with E-state index in [1.54, 1.807) is 13.0 Å². The molecular formula is C17H16N2O5S3. The number of carbonyl (C=O) groups excluding carboxylic acids is 1. The van der Waals surface area contributed by atoms with E-state index in [2.05, 4.69) is 10.3 Å². The number of amides is 1. The van der Waals surface area contributed by atoms with E-state index >= 15 is 0 Å². The average molecular weight is 425 g/mol. The first-order valence-electron chi connectivity index (χ1n) is 7.85. The maximum Gasteiger partial charge on any atom is 0.257 e. The van der Waals surface area contributed by atoms with Gasteiger partial charge in [0.25, 0.3) is 5.91 Å². The van der Waals surface area contributed by atoms with E-state index in [9.17, 15) is 21.6 Å². The van der Waals surface area contributed by atoms with Gasteiger partial charge in [-0.05, 0) is 42.5 Å². The Morgan fingerprint density at radius 2 is 1.67 bits per heavy atom. The van der Waals surface area contributed by atoms with Crippen LogP contribution in [0.25, 0.3) is 10.2 Å². The minimum absolute atomic E-state index is 0.0142. The van der Waals surface area contributed by atoms with Crippen LogP contribution in [0.5, 0.6) is 0 Å². The molecule has 3 rings (SSSR count). The summed E-state index contributed by atoms with van der Waals surface area (Å²) in [7, 11) is -6.65. The fourth-order valence-corrected chi connectivity index (χ4v) is 4.84. The predicted molar refractivity (Wildman–Crippen MR) is 105 cm³/mol. The van der Waals surface area contributed by atoms with Crippen LogP contribution >= 0.6 is 11.3 Å². The van der Waals surface area contributed by atoms with Crippen molar-refractivity contribution in [3.63, 3.8) is 0 Å². The van der Waals surface area contributed by atoms with Gasteiger partial charge in [-0.25, -0.2) is 21.8 Å². The third kappa shape index (κ3) is 4.18. The molecule has 0 unspecified atom stereocenters. The van der Waals surface area contributed by atoms with E-state index in [1.165, 1.54) is 36.4 Å². The van der Waals surface area contributed by atoms with Gasteiger partial charge in [0, 0.05) is 11.8 Å². The van der Waals surface area contributed by atoms with E-state index < -0.39 is 25.6 Å². The van der Waals surface area contributed by atoms with Gasteiger partial charge in [-0.15, -0.1) is 0 Å². The Balaban J connectivity index is 1.83. The number of aromatic nitrogens is 1. The smallest absolute Gasteiger partial charge is 0.257 e. The first-order valence-corrected chi connectivity index (χ1v) is 12.2. The average Bonchev–Trinajstić information content (AvgIpc) is 3.02. The minimum atomic E-state index is -3.33. The lowest BCUT2D eigenvalue weighted by Crippen LogP contribution is -2.12. The summed E-state index contributed by atoms with van der Waals surface area (Å²) in [5.74, 6) is -0.447. The molecule has 3 aromatic rings. The molecule has 2 aromatic carbocycles. The number of hydrogen-bond acceptors (Lipinski definition) is 7. The van der Waals surface area contributed by atoms with E-state index in [0.29, 0.717) is 20.9 Å². The van der Waals surface area contributed by atoms with Crippen molar-refractivity contribution in [2.75, 3.05) is 17.3 Å². The van der Waals surface area contributed by atoms with Crippen molar-refractivity contribution < 1.29 is 21.6 Å². The number of nitrogens with one attached hydrogen (secondary N) is 1. The summed E-state index contributed by atoms with van der Waals surface area (Å²) in [5, 5.41) is 2.97. The van der Waals surface area contributed by atoms with Gasteiger partial charge in [0.1, 0.15) is 0 Å². The van der Waals surface area contributed by atoms with Gasteiger partial charge in [-0.2, -0.15) is 0 Å². The van der Waals surface area contributed by atoms with Gasteiger partial charge < -0.3 is 0 Å². The predicted octanol–water partition coefficient (Wildman–Crippen LogP) is 2.75. The summed E-state index contributed by atoms with van der Waals surface area (Å²) in [6.45, 7) is 1.55. The zero-order valence-electron chi connectivity index (χ0n) is 14.5. The van der Waals surface area contributed by atoms with Crippen LogP contribution in [-0.2, 0) is 19.7 Å². The van der Waals surface area contributed by atoms with Crippen LogP contribution in [0.3, 0.4) is 0 Å². The van der Waals surface area contributed by atoms with E-state index in [-0.39, 0.29) is 15.5 Å². The molecule has 0 aliphatic rings. The molecule has 0 spiro atoms. The number of benzene rings is 2. The van der Waals surface area contributed by atoms with E-state index in [4.69, 9.17) is 0 Å². The molecule has 1 aromatic heterocycles. The molecule has 1 amide bonds. The SMILES string of the molecule is CCS(=O)(=O)c1ccc(C(=O)Nc2nc3ccc(S(C)(=O)=O)cc3s2)cc1. The second-order valence-electron chi connectivity index (χ2n) is 5.80. The van der Waals surface area contributed by atoms with Crippen LogP contribution in [0.1, 0.15) is 17.3 Å². The van der Waals surface area contributed by atoms with Gasteiger partial charge in [0.2, 0.25) is 0 Å². The zero-order valence-corrected chi connectivity index (χ0v) is 16.9. The number of sulfone groups is 2. The Morgan fingerprint density at radius 3 is 2.26 bits per heavy atom. The van der Waals surface area contributed by atoms with Crippen molar-refractivity contribution in [2.45, 2.75) is 16.7 Å². The van der Waals surface area contributed by atoms with Crippen molar-refractivity contribution in [1.29, 1.82) is 0 Å². The lowest BCUT2D eigenvalue weighted by Gasteiger charge is -2.04. The molecule has 0 aliphatic heterocycles. The Labute approximate surface area is 160 Å². The molecule has 0 saturated carbocycles. The van der Waals surface area contributed by atoms with Crippen LogP contribution < -0.4 is 5.32 Å². The molecule has 0 fully saturated rings. The van der Waals surface area contributed by atoms with Crippen LogP contribution in [0, 0.1) is 0 Å². The van der Waals surface area contributed by atoms with Gasteiger partial charge in [0.05, 0.1) is 25.8 Å². The minimum Gasteiger partial charge on any atom is -0.298 e. The molecule has 0 bridgehead atoms. The standard InChI is InChI=1S/C17H16N2O5S3/c1-3-27(23,24)12-6-4-11(5-7-12)16(20)19-17-18-14-9-8-13(26(2,21)22)10-15(14)25-17/h4-10H,3H2,1-2H3,(H,18,19,20). The Bertz CT molecular complexity index is 1230. The molecule has 0 radical (unpaired) electrons. The fourth-order valence-electron chi connectivity index (χ4n) is 2.34. The summed E-state index contributed by atoms with van der Waals surface area (Å²) in [5.41, 5.74) is 0.869. The topological polar surface area (TPSA) is 110 Å². The lowest BCUT2D eigenvalue weighted by molar-refractivity contribution is 0.102. The third-order valence-corrected chi connectivity index (χ3v) is 7.66. The van der Waals surface area contributed by atoms with Crippen molar-refractivity contribution in [2.24, 2.45) is 0 Å². The highest BCUT2D eigenvalue weighted by atomic mass is 32.2. The summed E-state index contributed by atoms with van der Waals surface area (Å²) in [4.78, 5) is 17.0. The first-order chi connectivity index (χ1) is 12.6. The van der Waals surface area contributed by atoms with Crippen LogP contribution in [0.15, 0.2) is 52.3 Å². The molecule has 142 valence electrons. The highest BCUT2D eigenvalue weighted by Crippen LogP contribution is 2.28. The van der Waals surface area contributed by atoms with Crippen molar-refractivity contribution in [1.82, 2.24) is 4.98 Å². The normalized spacial score (nSPS) is 12.2. The molecule has 27 heavy (non-hydrogen) atoms. The number of thiazole rings is 1. The maximum absolute atomic E-state index is 12.4. The molecular weight excluding hydrogens is 408 g/mol. The third-order valence-electron chi connectivity index (χ3n) is 3.86. The highest BCUT2D eigenvalue weighted by molar-refractivity contribution is 7.91. The van der Waals surface area contributed by atoms with E-state index in [1.807, 2.05) is 0 Å². The fraction of sp³-hybridized carbons (Fsp3) is 0.176. The van der Waals surface area contributed by atoms with Crippen LogP contribution in [0.4, 0.5) is 5.13 Å². The quantitative estimate of drug-likeness (QED) is 0.674. The molecule has 0 saturated heterocycles. The summed E-state index contributed by atoms with van der Waals surface area (Å²) < 4.78 is 47.5. The second kappa shape index (κ2) is 7.02. The van der Waals surface area contributed by atoms with Gasteiger partial charge in [-0.1, -0.05) is 18.3 Å². The van der Waals surface area contributed by atoms with Gasteiger partial charge in [-0.3, -0.25) is 10.1 Å². The molecule has 1 heterocycles. The van der Waals surface area contributed by atoms with Crippen molar-refractivity contribution in [3.05, 3.63) is 48.0 Å². The lowest BCUT2D eigenvalue weighted by atomic mass is 10.2. The van der Waals surface area contributed by atoms with Crippen molar-refractivity contribution >= 4 is 52.3 Å². The number of anilines is 1. The Kier molecular flexibility index (Phi) is 5.06. The summed E-state index contributed by atoms with van der Waals surface area (Å²) in [6.07, 6.45) is 1.13. The van der Waals surface area contributed by atoms with E-state index in [0.717, 1.165) is 17.6 Å². The Morgan fingerprint density at radius 1 is 1.04 bits per heavy atom. The number of hydrogen-bond donors (Lipinski definition) is 1. The van der Waals surface area contributed by atoms with Crippen LogP contribution in [-0.4, -0.2) is 39.7 Å². The number of carbonyl (C=O) groups is 1. The van der Waals surface area contributed by atoms with Crippen LogP contribution in [0.2, 0.25) is 0 Å². The number of rotatable bonds is 5. The molecule has 7 nitrogen and oxygen atoms in total. The highest BCUT2D eigenvalue weighted by Gasteiger charge is 2.15. The zero-order chi connectivity index (χ0) is 19.8. The largest absolute Gasteiger partial charge is 0.298 e. The molecule has 0 atom stereocenters. The molecule has 10 heteroatoms. The second-order valence-corrected chi connectivity index (χ2v) is 11.1. The van der Waals surface area contributed by atoms with Crippen molar-refractivity contribution in [3.8, 4) is 0 Å². The molecule has 1 N–H and O–H groups in total. The maximum atomic E-state index is 12.4. The first kappa shape index (κ1) is 19.5. The number of fused-ring (bicyclic) bond motifs is 1. The number of nitrogens with zero attached hydrogens (tertiary/aromatic N) is 1. The molecule has 0 aliphatic carbocycles. The summed E-state index contributed by atoms with van der Waals surface area (Å²) >= 11 is 1.16. The monoisotopic (exact) mass is 424 g/mol. The van der Waals surface area contributed by atoms with Gasteiger partial charge in [0.15, 0.2) is 24.8 Å². The Hall–Kier alpha value is -2.30.